The predicted octanol–water partition coefficient (Wildman–Crippen LogP) is 3.81. The Hall–Kier alpha value is -2.43. The Balaban J connectivity index is 1.34. The lowest BCUT2D eigenvalue weighted by Gasteiger charge is -2.30. The van der Waals surface area contributed by atoms with Crippen LogP contribution in [0.3, 0.4) is 0 Å². The molecule has 2 amide bonds. The Morgan fingerprint density at radius 3 is 2.26 bits per heavy atom. The number of methoxy groups -OCH3 is 1. The second-order valence-corrected chi connectivity index (χ2v) is 11.8. The molecule has 1 aromatic heterocycles. The zero-order valence-electron chi connectivity index (χ0n) is 19.4. The van der Waals surface area contributed by atoms with Gasteiger partial charge in [-0.3, -0.25) is 9.59 Å². The molecule has 2 aromatic rings. The van der Waals surface area contributed by atoms with Crippen molar-refractivity contribution in [1.82, 2.24) is 9.21 Å². The number of nitrogens with zero attached hydrogens (tertiary/aromatic N) is 2. The maximum absolute atomic E-state index is 13.2. The van der Waals surface area contributed by atoms with E-state index in [0.29, 0.717) is 29.8 Å². The van der Waals surface area contributed by atoms with Crippen LogP contribution < -0.4 is 10.1 Å². The molecule has 34 heavy (non-hydrogen) atoms. The van der Waals surface area contributed by atoms with Crippen LogP contribution >= 0.6 is 11.3 Å². The molecule has 0 radical (unpaired) electrons. The largest absolute Gasteiger partial charge is 0.497 e. The van der Waals surface area contributed by atoms with E-state index in [2.05, 4.69) is 5.32 Å². The van der Waals surface area contributed by atoms with Gasteiger partial charge in [0.2, 0.25) is 5.91 Å². The van der Waals surface area contributed by atoms with Gasteiger partial charge in [0.25, 0.3) is 15.9 Å². The molecule has 2 fully saturated rings. The van der Waals surface area contributed by atoms with Crippen molar-refractivity contribution in [2.45, 2.75) is 42.7 Å². The van der Waals surface area contributed by atoms with Crippen molar-refractivity contribution in [2.24, 2.45) is 5.92 Å². The Morgan fingerprint density at radius 2 is 1.65 bits per heavy atom. The molecule has 1 aromatic carbocycles. The van der Waals surface area contributed by atoms with E-state index in [-0.39, 0.29) is 35.0 Å². The summed E-state index contributed by atoms with van der Waals surface area (Å²) in [5.74, 6) is 0.260. The second kappa shape index (κ2) is 10.9. The smallest absolute Gasteiger partial charge is 0.254 e. The van der Waals surface area contributed by atoms with Gasteiger partial charge < -0.3 is 15.0 Å². The van der Waals surface area contributed by atoms with Gasteiger partial charge in [-0.2, -0.15) is 4.31 Å². The van der Waals surface area contributed by atoms with E-state index in [1.54, 1.807) is 36.8 Å². The summed E-state index contributed by atoms with van der Waals surface area (Å²) in [5.41, 5.74) is 1.13. The lowest BCUT2D eigenvalue weighted by Crippen LogP contribution is -2.41. The number of likely N-dealkylation sites (tertiary alicyclic amines) is 1. The number of benzene rings is 1. The zero-order valence-corrected chi connectivity index (χ0v) is 21.0. The SMILES string of the molecule is COc1ccc(NC(=O)C2CCN(S(=O)(=O)c3cc(C(=O)N4CCCCCC4)cs3)CC2)cc1. The third kappa shape index (κ3) is 5.61. The maximum Gasteiger partial charge on any atom is 0.254 e. The Bertz CT molecular complexity index is 1100. The monoisotopic (exact) mass is 505 g/mol. The fourth-order valence-electron chi connectivity index (χ4n) is 4.42. The standard InChI is InChI=1S/C24H31N3O5S2/c1-32-21-8-6-20(7-9-21)25-23(28)18-10-14-27(15-11-18)34(30,31)22-16-19(17-33-22)24(29)26-12-4-2-3-5-13-26/h6-9,16-18H,2-5,10-15H2,1H3,(H,25,28). The highest BCUT2D eigenvalue weighted by atomic mass is 32.2. The first-order chi connectivity index (χ1) is 16.4. The maximum atomic E-state index is 13.2. The number of carbonyl (C=O) groups is 2. The van der Waals surface area contributed by atoms with Gasteiger partial charge in [-0.05, 0) is 56.0 Å². The first-order valence-electron chi connectivity index (χ1n) is 11.7. The first kappa shape index (κ1) is 24.7. The number of rotatable bonds is 6. The fraction of sp³-hybridized carbons (Fsp3) is 0.500. The van der Waals surface area contributed by atoms with E-state index < -0.39 is 10.0 Å². The van der Waals surface area contributed by atoms with E-state index in [1.807, 2.05) is 4.90 Å². The third-order valence-corrected chi connectivity index (χ3v) is 9.81. The Labute approximate surface area is 204 Å². The summed E-state index contributed by atoms with van der Waals surface area (Å²) >= 11 is 1.09. The van der Waals surface area contributed by atoms with Gasteiger partial charge in [0.1, 0.15) is 9.96 Å². The molecular weight excluding hydrogens is 474 g/mol. The molecule has 4 rings (SSSR count). The molecule has 0 saturated carbocycles. The molecule has 0 unspecified atom stereocenters. The number of hydrogen-bond acceptors (Lipinski definition) is 6. The Kier molecular flexibility index (Phi) is 7.90. The molecule has 2 aliphatic rings. The van der Waals surface area contributed by atoms with Crippen LogP contribution in [0.5, 0.6) is 5.75 Å². The van der Waals surface area contributed by atoms with Crippen molar-refractivity contribution in [3.05, 3.63) is 41.3 Å². The van der Waals surface area contributed by atoms with Crippen LogP contribution in [0.25, 0.3) is 0 Å². The minimum absolute atomic E-state index is 0.0893. The second-order valence-electron chi connectivity index (χ2n) is 8.76. The summed E-state index contributed by atoms with van der Waals surface area (Å²) in [4.78, 5) is 27.3. The molecule has 0 spiro atoms. The molecule has 1 N–H and O–H groups in total. The van der Waals surface area contributed by atoms with Crippen LogP contribution in [0, 0.1) is 5.92 Å². The molecule has 0 bridgehead atoms. The predicted molar refractivity (Wildman–Crippen MR) is 132 cm³/mol. The van der Waals surface area contributed by atoms with Crippen molar-refractivity contribution < 1.29 is 22.7 Å². The molecule has 3 heterocycles. The third-order valence-electron chi connectivity index (χ3n) is 6.49. The van der Waals surface area contributed by atoms with Crippen LogP contribution in [-0.4, -0.2) is 62.7 Å². The summed E-state index contributed by atoms with van der Waals surface area (Å²) in [6.45, 7) is 2.00. The summed E-state index contributed by atoms with van der Waals surface area (Å²) in [6, 6.07) is 8.61. The number of nitrogens with one attached hydrogen (secondary N) is 1. The molecule has 8 nitrogen and oxygen atoms in total. The average Bonchev–Trinajstić information content (AvgIpc) is 3.21. The average molecular weight is 506 g/mol. The van der Waals surface area contributed by atoms with E-state index in [9.17, 15) is 18.0 Å². The number of amides is 2. The van der Waals surface area contributed by atoms with E-state index in [0.717, 1.165) is 50.1 Å². The Morgan fingerprint density at radius 1 is 1.00 bits per heavy atom. The molecular formula is C24H31N3O5S2. The molecule has 2 saturated heterocycles. The van der Waals surface area contributed by atoms with Gasteiger partial charge in [0.05, 0.1) is 12.7 Å². The quantitative estimate of drug-likeness (QED) is 0.644. The van der Waals surface area contributed by atoms with Crippen molar-refractivity contribution >= 4 is 38.9 Å². The number of thiophene rings is 1. The highest BCUT2D eigenvalue weighted by molar-refractivity contribution is 7.91. The van der Waals surface area contributed by atoms with Gasteiger partial charge in [-0.15, -0.1) is 11.3 Å². The van der Waals surface area contributed by atoms with Crippen LogP contribution in [0.4, 0.5) is 5.69 Å². The lowest BCUT2D eigenvalue weighted by molar-refractivity contribution is -0.120. The minimum atomic E-state index is -3.69. The van der Waals surface area contributed by atoms with Crippen LogP contribution in [0.1, 0.15) is 48.9 Å². The normalized spacial score (nSPS) is 18.3. The molecule has 0 atom stereocenters. The number of hydrogen-bond donors (Lipinski definition) is 1. The van der Waals surface area contributed by atoms with Crippen molar-refractivity contribution in [3.63, 3.8) is 0 Å². The van der Waals surface area contributed by atoms with E-state index in [4.69, 9.17) is 4.74 Å². The minimum Gasteiger partial charge on any atom is -0.497 e. The van der Waals surface area contributed by atoms with Gasteiger partial charge in [-0.25, -0.2) is 8.42 Å². The highest BCUT2D eigenvalue weighted by Crippen LogP contribution is 2.29. The van der Waals surface area contributed by atoms with Crippen LogP contribution in [0.15, 0.2) is 39.9 Å². The van der Waals surface area contributed by atoms with Crippen LogP contribution in [0.2, 0.25) is 0 Å². The zero-order chi connectivity index (χ0) is 24.1. The summed E-state index contributed by atoms with van der Waals surface area (Å²) in [7, 11) is -2.11. The molecule has 0 aliphatic carbocycles. The number of carbonyl (C=O) groups excluding carboxylic acids is 2. The molecule has 2 aliphatic heterocycles. The first-order valence-corrected chi connectivity index (χ1v) is 14.0. The number of sulfonamides is 1. The van der Waals surface area contributed by atoms with Gasteiger partial charge in [0, 0.05) is 43.2 Å². The fourth-order valence-corrected chi connectivity index (χ4v) is 7.20. The topological polar surface area (TPSA) is 96.0 Å². The van der Waals surface area contributed by atoms with Crippen LogP contribution in [-0.2, 0) is 14.8 Å². The van der Waals surface area contributed by atoms with E-state index in [1.165, 1.54) is 10.4 Å². The van der Waals surface area contributed by atoms with Crippen molar-refractivity contribution in [1.29, 1.82) is 0 Å². The highest BCUT2D eigenvalue weighted by Gasteiger charge is 2.33. The van der Waals surface area contributed by atoms with Crippen molar-refractivity contribution in [3.8, 4) is 5.75 Å². The van der Waals surface area contributed by atoms with Gasteiger partial charge in [0.15, 0.2) is 0 Å². The van der Waals surface area contributed by atoms with E-state index >= 15 is 0 Å². The number of ether oxygens (including phenoxy) is 1. The summed E-state index contributed by atoms with van der Waals surface area (Å²) in [5, 5.41) is 4.55. The van der Waals surface area contributed by atoms with Gasteiger partial charge >= 0.3 is 0 Å². The lowest BCUT2D eigenvalue weighted by atomic mass is 9.97. The summed E-state index contributed by atoms with van der Waals surface area (Å²) < 4.78 is 33.1. The number of piperidine rings is 1. The molecule has 10 heteroatoms. The molecule has 184 valence electrons. The van der Waals surface area contributed by atoms with Gasteiger partial charge in [-0.1, -0.05) is 12.8 Å². The summed E-state index contributed by atoms with van der Waals surface area (Å²) in [6.07, 6.45) is 5.13. The number of anilines is 1. The van der Waals surface area contributed by atoms with Crippen molar-refractivity contribution in [2.75, 3.05) is 38.6 Å².